The topological polar surface area (TPSA) is 263 Å². The van der Waals surface area contributed by atoms with Gasteiger partial charge in [-0.15, -0.1) is 0 Å². The zero-order valence-electron chi connectivity index (χ0n) is 85.3. The van der Waals surface area contributed by atoms with Crippen molar-refractivity contribution >= 4 is 59.7 Å². The van der Waals surface area contributed by atoms with E-state index in [4.69, 9.17) is 47.4 Å². The van der Waals surface area contributed by atoms with Crippen molar-refractivity contribution < 1.29 is 95.3 Å². The molecule has 0 aromatic heterocycles. The van der Waals surface area contributed by atoms with Gasteiger partial charge in [-0.3, -0.25) is 33.6 Å². The van der Waals surface area contributed by atoms with Crippen molar-refractivity contribution in [2.24, 2.45) is 163 Å². The quantitative estimate of drug-likeness (QED) is 0.0520. The van der Waals surface area contributed by atoms with Crippen LogP contribution in [-0.2, 0) is 95.3 Å². The minimum Gasteiger partial charge on any atom is -0.460 e. The monoisotopic (exact) mass is 1830 g/mol. The van der Waals surface area contributed by atoms with Crippen LogP contribution >= 0.6 is 0 Å². The van der Waals surface area contributed by atoms with Gasteiger partial charge in [-0.25, -0.2) is 14.4 Å². The van der Waals surface area contributed by atoms with Crippen molar-refractivity contribution in [1.29, 1.82) is 0 Å². The predicted molar refractivity (Wildman–Crippen MR) is 500 cm³/mol. The van der Waals surface area contributed by atoms with Crippen LogP contribution in [0.1, 0.15) is 415 Å². The van der Waals surface area contributed by atoms with Gasteiger partial charge >= 0.3 is 59.7 Å². The minimum atomic E-state index is -0.559. The van der Waals surface area contributed by atoms with Crippen LogP contribution in [0.15, 0.2) is 0 Å². The highest BCUT2D eigenvalue weighted by Gasteiger charge is 2.75. The van der Waals surface area contributed by atoms with Gasteiger partial charge < -0.3 is 47.4 Å². The molecular formula is C111H176O20. The number of hydrogen-bond donors (Lipinski definition) is 0. The second-order valence-corrected chi connectivity index (χ2v) is 51.3. The van der Waals surface area contributed by atoms with E-state index in [1.807, 2.05) is 111 Å². The molecular weight excluding hydrogens is 1650 g/mol. The van der Waals surface area contributed by atoms with Crippen LogP contribution in [-0.4, -0.2) is 119 Å². The number of rotatable bonds is 28. The molecule has 20 nitrogen and oxygen atoms in total. The summed E-state index contributed by atoms with van der Waals surface area (Å²) in [6, 6.07) is 0. The Hall–Kier alpha value is -5.30. The molecule has 740 valence electrons. The molecule has 0 aromatic carbocycles. The molecule has 14 atom stereocenters. The summed E-state index contributed by atoms with van der Waals surface area (Å²) in [5.41, 5.74) is -4.73. The summed E-state index contributed by atoms with van der Waals surface area (Å²) in [4.78, 5) is 125. The van der Waals surface area contributed by atoms with E-state index < -0.39 is 61.2 Å². The normalized spacial score (nSPS) is 38.0. The van der Waals surface area contributed by atoms with Crippen LogP contribution in [0.25, 0.3) is 0 Å². The molecule has 0 aromatic rings. The van der Waals surface area contributed by atoms with E-state index in [0.717, 1.165) is 162 Å². The maximum absolute atomic E-state index is 13.9. The van der Waals surface area contributed by atoms with Gasteiger partial charge in [-0.2, -0.15) is 0 Å². The summed E-state index contributed by atoms with van der Waals surface area (Å²) in [5.74, 6) is 10.8. The van der Waals surface area contributed by atoms with Gasteiger partial charge in [0.25, 0.3) is 0 Å². The first-order chi connectivity index (χ1) is 61.5. The number of fused-ring (bicyclic) bond motifs is 2. The van der Waals surface area contributed by atoms with Crippen LogP contribution in [0, 0.1) is 163 Å². The lowest BCUT2D eigenvalue weighted by atomic mass is 9.28. The summed E-state index contributed by atoms with van der Waals surface area (Å²) < 4.78 is 58.2. The van der Waals surface area contributed by atoms with Crippen molar-refractivity contribution in [2.45, 2.75) is 454 Å². The van der Waals surface area contributed by atoms with E-state index in [-0.39, 0.29) is 102 Å². The van der Waals surface area contributed by atoms with Gasteiger partial charge in [-0.1, -0.05) is 100 Å². The van der Waals surface area contributed by atoms with E-state index in [0.29, 0.717) is 84.9 Å². The molecule has 23 saturated carbocycles. The molecule has 0 radical (unpaired) electrons. The maximum atomic E-state index is 13.9. The van der Waals surface area contributed by atoms with E-state index in [9.17, 15) is 47.9 Å². The predicted octanol–water partition coefficient (Wildman–Crippen LogP) is 23.7. The number of carbonyl (C=O) groups excluding carboxylic acids is 10. The Bertz CT molecular complexity index is 3990. The standard InChI is InChI=1S/C27H40O4.C24H36O4.C22H38O4.C21H34O4.C17H28O4/c1-4-16(2)23(28)30-27-13-19-6-20(14-27)12-26(11-19,15-27)24(29)31-25(3)21-7-17-5-18(9-21)10-22(25)8-17;1-5-13(2)22(26)27-12-21(25)28-23(3,4)24-11-15-7-17-16-6-14(9-19(17)24)10-20(24)18(16)8-15;1-5-21(2,3)20(24)25-16-19(23)26-22(4,17-12-8-6-9-13-17)18-14-10-7-11-15-18;1-7-19(5,6)16(22)25-21-11-14-8-15(12-21)10-20(9-14,13-21)17(23)24-18(2,3)4;1-5-11(2)16(19)20-10-15(18)21-17(3,4)14-9-12-6-7-13(14)8-12/h16-22H,4-15H2,1-3H3;13-20H,5-12H2,1-4H3;17-18H,5-16H2,1-4H3;14-15H,7-13H2,1-6H3;11-14H,5-10H2,1-4H3. The number of hydrogen-bond acceptors (Lipinski definition) is 20. The molecule has 23 aliphatic rings. The summed E-state index contributed by atoms with van der Waals surface area (Å²) >= 11 is 0. The summed E-state index contributed by atoms with van der Waals surface area (Å²) in [6.07, 6.45) is 46.6. The molecule has 0 aliphatic heterocycles. The fourth-order valence-electron chi connectivity index (χ4n) is 32.5. The van der Waals surface area contributed by atoms with E-state index >= 15 is 0 Å². The molecule has 0 amide bonds. The number of esters is 10. The fourth-order valence-corrected chi connectivity index (χ4v) is 32.5. The third kappa shape index (κ3) is 21.2. The Morgan fingerprint density at radius 2 is 0.779 bits per heavy atom. The smallest absolute Gasteiger partial charge is 0.344 e. The molecule has 0 heterocycles. The molecule has 23 aliphatic carbocycles. The second-order valence-electron chi connectivity index (χ2n) is 51.3. The minimum absolute atomic E-state index is 0.0561. The third-order valence-electron chi connectivity index (χ3n) is 39.6. The highest BCUT2D eigenvalue weighted by atomic mass is 16.6. The molecule has 131 heavy (non-hydrogen) atoms. The summed E-state index contributed by atoms with van der Waals surface area (Å²) in [7, 11) is 0. The van der Waals surface area contributed by atoms with Crippen molar-refractivity contribution in [1.82, 2.24) is 0 Å². The van der Waals surface area contributed by atoms with Crippen LogP contribution in [0.5, 0.6) is 0 Å². The van der Waals surface area contributed by atoms with Crippen molar-refractivity contribution in [3.63, 3.8) is 0 Å². The summed E-state index contributed by atoms with van der Waals surface area (Å²) in [5, 5.41) is 0. The lowest BCUT2D eigenvalue weighted by Crippen LogP contribution is -2.73. The number of carbonyl (C=O) groups is 10. The molecule has 23 fully saturated rings. The van der Waals surface area contributed by atoms with Crippen LogP contribution in [0.3, 0.4) is 0 Å². The Kier molecular flexibility index (Phi) is 30.4. The first-order valence-electron chi connectivity index (χ1n) is 53.6. The van der Waals surface area contributed by atoms with E-state index in [1.165, 1.54) is 141 Å². The fraction of sp³-hybridized carbons (Fsp3) is 0.910. The van der Waals surface area contributed by atoms with Gasteiger partial charge in [0.15, 0.2) is 19.8 Å². The van der Waals surface area contributed by atoms with Gasteiger partial charge in [0.05, 0.1) is 39.4 Å². The molecule has 20 heteroatoms. The molecule has 14 unspecified atom stereocenters. The maximum Gasteiger partial charge on any atom is 0.344 e. The molecule has 23 rings (SSSR count). The van der Waals surface area contributed by atoms with Gasteiger partial charge in [0.1, 0.15) is 39.2 Å². The Labute approximate surface area is 788 Å². The van der Waals surface area contributed by atoms with Gasteiger partial charge in [0, 0.05) is 24.2 Å². The molecule has 0 spiro atoms. The van der Waals surface area contributed by atoms with Crippen molar-refractivity contribution in [3.05, 3.63) is 0 Å². The van der Waals surface area contributed by atoms with E-state index in [2.05, 4.69) is 27.7 Å². The van der Waals surface area contributed by atoms with Crippen LogP contribution < -0.4 is 0 Å². The first-order valence-corrected chi connectivity index (χ1v) is 53.6. The van der Waals surface area contributed by atoms with E-state index in [1.54, 1.807) is 6.92 Å². The van der Waals surface area contributed by atoms with Gasteiger partial charge in [0.2, 0.25) is 0 Å². The third-order valence-corrected chi connectivity index (χ3v) is 39.6. The second kappa shape index (κ2) is 39.2. The van der Waals surface area contributed by atoms with Crippen molar-refractivity contribution in [2.75, 3.05) is 19.8 Å². The van der Waals surface area contributed by atoms with Crippen molar-refractivity contribution in [3.8, 4) is 0 Å². The molecule has 22 bridgehead atoms. The Morgan fingerprint density at radius 1 is 0.359 bits per heavy atom. The van der Waals surface area contributed by atoms with Gasteiger partial charge in [-0.05, 0) is 414 Å². The highest BCUT2D eigenvalue weighted by molar-refractivity contribution is 5.82. The zero-order chi connectivity index (χ0) is 94.9. The Morgan fingerprint density at radius 3 is 1.23 bits per heavy atom. The lowest BCUT2D eigenvalue weighted by Gasteiger charge is -2.77. The average molecular weight is 1830 g/mol. The number of ether oxygens (including phenoxy) is 10. The lowest BCUT2D eigenvalue weighted by molar-refractivity contribution is -0.308. The first kappa shape index (κ1) is 102. The average Bonchev–Trinajstić information content (AvgIpc) is 0.834. The van der Waals surface area contributed by atoms with Crippen LogP contribution in [0.2, 0.25) is 0 Å². The van der Waals surface area contributed by atoms with Crippen LogP contribution in [0.4, 0.5) is 0 Å². The Balaban J connectivity index is 0.000000133. The molecule has 0 saturated heterocycles. The SMILES string of the molecule is CCC(C)(C)C(=O)OC12CC3CC(C1)CC(C(=O)OC(C)(C)C)(C3)C2.CCC(C)(C)C(=O)OCC(=O)OC(C)(C1CCCCC1)C1CCCCC1.CCC(C)C(=O)OC12CC3CC(C1)CC(C(=O)OC1(C)C4CC5CC(C4)CC1C5)(C3)C2.CCC(C)C(=O)OCC(=O)OC(C)(C)C12CC3CC4C5CC(CC41)CC2C5C3.CCC(C)C(=O)OCC(=O)OC(C)(C)C1CC2CCC1C2. The summed E-state index contributed by atoms with van der Waals surface area (Å²) in [6.45, 7) is 40.7. The zero-order valence-corrected chi connectivity index (χ0v) is 85.3. The molecule has 0 N–H and O–H groups in total. The largest absolute Gasteiger partial charge is 0.460 e. The highest BCUT2D eigenvalue weighted by Crippen LogP contribution is 2.79.